The molecule has 0 saturated carbocycles. The van der Waals surface area contributed by atoms with E-state index in [-0.39, 0.29) is 24.7 Å². The number of nitrogens with zero attached hydrogens (tertiary/aromatic N) is 1. The van der Waals surface area contributed by atoms with Gasteiger partial charge < -0.3 is 19.4 Å². The largest absolute Gasteiger partial charge is 0.465 e. The van der Waals surface area contributed by atoms with Crippen molar-refractivity contribution in [1.29, 1.82) is 0 Å². The van der Waals surface area contributed by atoms with Gasteiger partial charge in [0.05, 0.1) is 18.7 Å². The summed E-state index contributed by atoms with van der Waals surface area (Å²) < 4.78 is 5.00. The first-order chi connectivity index (χ1) is 7.63. The summed E-state index contributed by atoms with van der Waals surface area (Å²) in [5.41, 5.74) is 0. The van der Waals surface area contributed by atoms with Crippen molar-refractivity contribution in [2.75, 3.05) is 32.4 Å². The zero-order chi connectivity index (χ0) is 12.0. The molecule has 5 nitrogen and oxygen atoms in total. The molecule has 0 aliphatic carbocycles. The Morgan fingerprint density at radius 2 is 2.06 bits per heavy atom. The predicted octanol–water partition coefficient (Wildman–Crippen LogP) is 0.558. The molecule has 0 spiro atoms. The van der Waals surface area contributed by atoms with Crippen molar-refractivity contribution in [3.63, 3.8) is 0 Å². The van der Waals surface area contributed by atoms with E-state index in [0.717, 1.165) is 32.5 Å². The summed E-state index contributed by atoms with van der Waals surface area (Å²) in [5.74, 6) is -0.195. The highest BCUT2D eigenvalue weighted by atomic mass is 31.2. The van der Waals surface area contributed by atoms with Crippen molar-refractivity contribution < 1.29 is 19.3 Å². The van der Waals surface area contributed by atoms with Gasteiger partial charge >= 0.3 is 5.97 Å². The number of ether oxygens (including phenoxy) is 1. The quantitative estimate of drug-likeness (QED) is 0.550. The van der Waals surface area contributed by atoms with Crippen LogP contribution in [0.3, 0.4) is 0 Å². The SMILES string of the molecule is CCN1CCC(C(=O)OCCP(O)O)CC1. The third-order valence-electron chi connectivity index (χ3n) is 2.90. The van der Waals surface area contributed by atoms with Gasteiger partial charge in [0.1, 0.15) is 0 Å². The Morgan fingerprint density at radius 3 is 2.56 bits per heavy atom. The number of carbonyl (C=O) groups excluding carboxylic acids is 1. The Bertz CT molecular complexity index is 217. The van der Waals surface area contributed by atoms with E-state index in [4.69, 9.17) is 14.5 Å². The first-order valence-electron chi connectivity index (χ1n) is 5.67. The molecular weight excluding hydrogens is 229 g/mol. The number of hydrogen-bond acceptors (Lipinski definition) is 5. The lowest BCUT2D eigenvalue weighted by Crippen LogP contribution is -2.36. The molecular formula is C10H20NO4P. The second-order valence-corrected chi connectivity index (χ2v) is 5.16. The molecule has 6 heteroatoms. The first kappa shape index (κ1) is 13.8. The van der Waals surface area contributed by atoms with Gasteiger partial charge in [-0.1, -0.05) is 6.92 Å². The van der Waals surface area contributed by atoms with Crippen LogP contribution < -0.4 is 0 Å². The molecule has 0 unspecified atom stereocenters. The van der Waals surface area contributed by atoms with E-state index in [1.807, 2.05) is 0 Å². The van der Waals surface area contributed by atoms with E-state index in [1.165, 1.54) is 0 Å². The van der Waals surface area contributed by atoms with Gasteiger partial charge in [-0.15, -0.1) is 0 Å². The van der Waals surface area contributed by atoms with Gasteiger partial charge in [0, 0.05) is 0 Å². The monoisotopic (exact) mass is 249 g/mol. The van der Waals surface area contributed by atoms with E-state index in [9.17, 15) is 4.79 Å². The minimum atomic E-state index is -1.94. The molecule has 1 saturated heterocycles. The van der Waals surface area contributed by atoms with Crippen molar-refractivity contribution in [2.24, 2.45) is 5.92 Å². The maximum absolute atomic E-state index is 11.6. The van der Waals surface area contributed by atoms with Crippen molar-refractivity contribution in [3.8, 4) is 0 Å². The molecule has 1 heterocycles. The van der Waals surface area contributed by atoms with Gasteiger partial charge in [0.2, 0.25) is 0 Å². The molecule has 0 aromatic carbocycles. The van der Waals surface area contributed by atoms with Crippen LogP contribution >= 0.6 is 8.38 Å². The van der Waals surface area contributed by atoms with Crippen LogP contribution in [0.5, 0.6) is 0 Å². The second-order valence-electron chi connectivity index (χ2n) is 3.97. The number of hydrogen-bond donors (Lipinski definition) is 2. The highest BCUT2D eigenvalue weighted by Gasteiger charge is 2.25. The van der Waals surface area contributed by atoms with Crippen LogP contribution in [0, 0.1) is 5.92 Å². The Kier molecular flexibility index (Phi) is 6.21. The van der Waals surface area contributed by atoms with E-state index >= 15 is 0 Å². The molecule has 1 aliphatic rings. The third-order valence-corrected chi connectivity index (χ3v) is 3.49. The molecule has 1 aliphatic heterocycles. The van der Waals surface area contributed by atoms with E-state index in [2.05, 4.69) is 11.8 Å². The third kappa shape index (κ3) is 4.74. The average molecular weight is 249 g/mol. The number of carbonyl (C=O) groups is 1. The Labute approximate surface area is 97.3 Å². The van der Waals surface area contributed by atoms with Crippen molar-refractivity contribution >= 4 is 14.3 Å². The summed E-state index contributed by atoms with van der Waals surface area (Å²) in [4.78, 5) is 31.2. The molecule has 0 atom stereocenters. The summed E-state index contributed by atoms with van der Waals surface area (Å²) in [5, 5.41) is 0. The number of likely N-dealkylation sites (tertiary alicyclic amines) is 1. The molecule has 1 rings (SSSR count). The number of rotatable bonds is 5. The summed E-state index contributed by atoms with van der Waals surface area (Å²) in [6, 6.07) is 0. The van der Waals surface area contributed by atoms with Gasteiger partial charge in [0.25, 0.3) is 0 Å². The van der Waals surface area contributed by atoms with E-state index < -0.39 is 8.38 Å². The van der Waals surface area contributed by atoms with Crippen molar-refractivity contribution in [3.05, 3.63) is 0 Å². The zero-order valence-electron chi connectivity index (χ0n) is 9.63. The highest BCUT2D eigenvalue weighted by Crippen LogP contribution is 2.22. The molecule has 0 amide bonds. The standard InChI is InChI=1S/C10H20NO4P/c1-2-11-5-3-9(4-6-11)10(12)15-7-8-16(13)14/h9,13-14H,2-8H2,1H3. The topological polar surface area (TPSA) is 70.0 Å². The lowest BCUT2D eigenvalue weighted by Gasteiger charge is -2.29. The summed E-state index contributed by atoms with van der Waals surface area (Å²) in [6.45, 7) is 5.15. The molecule has 16 heavy (non-hydrogen) atoms. The summed E-state index contributed by atoms with van der Waals surface area (Å²) in [7, 11) is -1.94. The van der Waals surface area contributed by atoms with Gasteiger partial charge in [-0.25, -0.2) is 0 Å². The van der Waals surface area contributed by atoms with E-state index in [0.29, 0.717) is 0 Å². The van der Waals surface area contributed by atoms with Crippen LogP contribution in [-0.4, -0.2) is 53.1 Å². The maximum Gasteiger partial charge on any atom is 0.309 e. The average Bonchev–Trinajstić information content (AvgIpc) is 2.28. The fraction of sp³-hybridized carbons (Fsp3) is 0.900. The Balaban J connectivity index is 2.18. The smallest absolute Gasteiger partial charge is 0.309 e. The number of piperidine rings is 1. The van der Waals surface area contributed by atoms with Crippen molar-refractivity contribution in [2.45, 2.75) is 19.8 Å². The zero-order valence-corrected chi connectivity index (χ0v) is 10.5. The Morgan fingerprint density at radius 1 is 1.44 bits per heavy atom. The summed E-state index contributed by atoms with van der Waals surface area (Å²) in [6.07, 6.45) is 1.84. The number of esters is 1. The van der Waals surface area contributed by atoms with E-state index in [1.54, 1.807) is 0 Å². The summed E-state index contributed by atoms with van der Waals surface area (Å²) >= 11 is 0. The van der Waals surface area contributed by atoms with Crippen LogP contribution in [0.25, 0.3) is 0 Å². The van der Waals surface area contributed by atoms with Gasteiger partial charge in [0.15, 0.2) is 8.38 Å². The van der Waals surface area contributed by atoms with Crippen LogP contribution in [0.2, 0.25) is 0 Å². The van der Waals surface area contributed by atoms with Crippen LogP contribution in [0.15, 0.2) is 0 Å². The lowest BCUT2D eigenvalue weighted by molar-refractivity contribution is -0.149. The molecule has 0 aromatic rings. The van der Waals surface area contributed by atoms with Crippen LogP contribution in [0.1, 0.15) is 19.8 Å². The lowest BCUT2D eigenvalue weighted by atomic mass is 9.97. The molecule has 1 fully saturated rings. The first-order valence-corrected chi connectivity index (χ1v) is 7.11. The highest BCUT2D eigenvalue weighted by molar-refractivity contribution is 7.45. The van der Waals surface area contributed by atoms with Crippen LogP contribution in [0.4, 0.5) is 0 Å². The molecule has 0 aromatic heterocycles. The van der Waals surface area contributed by atoms with Crippen molar-refractivity contribution in [1.82, 2.24) is 4.90 Å². The second kappa shape index (κ2) is 7.17. The van der Waals surface area contributed by atoms with Gasteiger partial charge in [-0.3, -0.25) is 4.79 Å². The Hall–Kier alpha value is -0.220. The maximum atomic E-state index is 11.6. The fourth-order valence-electron chi connectivity index (χ4n) is 1.83. The molecule has 2 N–H and O–H groups in total. The van der Waals surface area contributed by atoms with Gasteiger partial charge in [-0.05, 0) is 32.5 Å². The minimum Gasteiger partial charge on any atom is -0.465 e. The minimum absolute atomic E-state index is 0.00795. The molecule has 0 radical (unpaired) electrons. The molecule has 94 valence electrons. The fourth-order valence-corrected chi connectivity index (χ4v) is 2.09. The van der Waals surface area contributed by atoms with Crippen LogP contribution in [-0.2, 0) is 9.53 Å². The molecule has 0 bridgehead atoms. The van der Waals surface area contributed by atoms with Gasteiger partial charge in [-0.2, -0.15) is 0 Å². The predicted molar refractivity (Wildman–Crippen MR) is 62.0 cm³/mol. The normalized spacial score (nSPS) is 19.0.